The fraction of sp³-hybridized carbons (Fsp3) is 0.212. The first-order valence-electron chi connectivity index (χ1n) is 15.4. The Balaban J connectivity index is 1.09. The van der Waals surface area contributed by atoms with Gasteiger partial charge >= 0.3 is 6.09 Å². The first-order valence-corrected chi connectivity index (χ1v) is 17.0. The fourth-order valence-electron chi connectivity index (χ4n) is 5.56. The van der Waals surface area contributed by atoms with E-state index in [1.54, 1.807) is 6.07 Å². The van der Waals surface area contributed by atoms with Gasteiger partial charge in [0.05, 0.1) is 23.5 Å². The molecule has 1 N–H and O–H groups in total. The molecule has 1 saturated heterocycles. The lowest BCUT2D eigenvalue weighted by molar-refractivity contribution is -0.385. The highest BCUT2D eigenvalue weighted by molar-refractivity contribution is 7.89. The van der Waals surface area contributed by atoms with E-state index in [0.29, 0.717) is 4.31 Å². The summed E-state index contributed by atoms with van der Waals surface area (Å²) < 4.78 is 34.0. The zero-order valence-corrected chi connectivity index (χ0v) is 27.2. The van der Waals surface area contributed by atoms with Crippen molar-refractivity contribution in [2.24, 2.45) is 0 Å². The number of ether oxygens (including phenoxy) is 1. The minimum atomic E-state index is -4.11. The summed E-state index contributed by atoms with van der Waals surface area (Å²) in [6.45, 7) is -1.08. The van der Waals surface area contributed by atoms with E-state index in [0.717, 1.165) is 11.1 Å². The number of aryl methyl sites for hydroxylation is 1. The van der Waals surface area contributed by atoms with E-state index in [9.17, 15) is 32.9 Å². The van der Waals surface area contributed by atoms with Gasteiger partial charge < -0.3 is 14.2 Å². The van der Waals surface area contributed by atoms with Crippen LogP contribution in [0.4, 0.5) is 16.3 Å². The van der Waals surface area contributed by atoms with Crippen molar-refractivity contribution in [3.05, 3.63) is 124 Å². The summed E-state index contributed by atoms with van der Waals surface area (Å²) in [6.07, 6.45) is 0.894. The number of benzene rings is 3. The fourth-order valence-corrected chi connectivity index (χ4v) is 6.99. The summed E-state index contributed by atoms with van der Waals surface area (Å²) in [5.74, 6) is -1.74. The summed E-state index contributed by atoms with van der Waals surface area (Å²) >= 11 is 0. The Bertz CT molecular complexity index is 2120. The summed E-state index contributed by atoms with van der Waals surface area (Å²) in [7, 11) is -4.11. The van der Waals surface area contributed by atoms with Crippen LogP contribution in [0.15, 0.2) is 97.6 Å². The first-order chi connectivity index (χ1) is 24.1. The Kier molecular flexibility index (Phi) is 9.75. The Morgan fingerprint density at radius 2 is 1.58 bits per heavy atom. The quantitative estimate of drug-likeness (QED) is 0.157. The number of sulfonamides is 1. The molecular weight excluding hydrogens is 668 g/mol. The van der Waals surface area contributed by atoms with E-state index in [1.165, 1.54) is 40.3 Å². The smallest absolute Gasteiger partial charge is 0.413 e. The number of rotatable bonds is 11. The second-order valence-electron chi connectivity index (χ2n) is 11.2. The molecule has 1 aliphatic rings. The molecular formula is C33H30N8O8S. The van der Waals surface area contributed by atoms with Gasteiger partial charge in [0.15, 0.2) is 23.1 Å². The number of para-hydroxylation sites is 1. The Hall–Kier alpha value is -6.23. The molecule has 5 aromatic rings. The Morgan fingerprint density at radius 1 is 0.920 bits per heavy atom. The van der Waals surface area contributed by atoms with Gasteiger partial charge in [-0.2, -0.15) is 0 Å². The van der Waals surface area contributed by atoms with E-state index in [4.69, 9.17) is 4.74 Å². The number of fused-ring (bicyclic) bond motifs is 1. The van der Waals surface area contributed by atoms with E-state index < -0.39 is 51.3 Å². The number of nitro groups is 1. The van der Waals surface area contributed by atoms with Gasteiger partial charge in [-0.15, -0.1) is 0 Å². The monoisotopic (exact) mass is 698 g/mol. The molecule has 17 heteroatoms. The molecule has 0 radical (unpaired) electrons. The highest BCUT2D eigenvalue weighted by Gasteiger charge is 2.35. The van der Waals surface area contributed by atoms with Crippen molar-refractivity contribution in [3.8, 4) is 0 Å². The number of imidazole rings is 1. The van der Waals surface area contributed by atoms with Crippen molar-refractivity contribution in [3.63, 3.8) is 0 Å². The highest BCUT2D eigenvalue weighted by Crippen LogP contribution is 2.27. The second kappa shape index (κ2) is 14.5. The van der Waals surface area contributed by atoms with Crippen molar-refractivity contribution in [1.29, 1.82) is 0 Å². The summed E-state index contributed by atoms with van der Waals surface area (Å²) in [4.78, 5) is 63.8. The number of hydrogen-bond acceptors (Lipinski definition) is 11. The van der Waals surface area contributed by atoms with Crippen LogP contribution >= 0.6 is 0 Å². The zero-order valence-electron chi connectivity index (χ0n) is 26.4. The maximum absolute atomic E-state index is 13.2. The predicted molar refractivity (Wildman–Crippen MR) is 179 cm³/mol. The van der Waals surface area contributed by atoms with Crippen LogP contribution in [0.5, 0.6) is 0 Å². The largest absolute Gasteiger partial charge is 0.436 e. The van der Waals surface area contributed by atoms with Crippen LogP contribution in [-0.2, 0) is 37.3 Å². The number of anilines is 1. The number of carbonyl (C=O) groups is 3. The molecule has 6 rings (SSSR count). The zero-order chi connectivity index (χ0) is 35.3. The number of nitrogens with zero attached hydrogens (tertiary/aromatic N) is 7. The molecule has 3 heterocycles. The predicted octanol–water partition coefficient (Wildman–Crippen LogP) is 3.32. The van der Waals surface area contributed by atoms with Crippen LogP contribution in [-0.4, -0.2) is 85.4 Å². The number of amides is 3. The topological polar surface area (TPSA) is 200 Å². The molecule has 1 aliphatic heterocycles. The number of nitro benzene ring substituents is 1. The average molecular weight is 699 g/mol. The lowest BCUT2D eigenvalue weighted by Gasteiger charge is -2.33. The molecule has 3 aromatic carbocycles. The third-order valence-electron chi connectivity index (χ3n) is 8.04. The van der Waals surface area contributed by atoms with Gasteiger partial charge in [-0.05, 0) is 17.5 Å². The van der Waals surface area contributed by atoms with Gasteiger partial charge in [0, 0.05) is 18.2 Å². The molecule has 0 bridgehead atoms. The Morgan fingerprint density at radius 3 is 2.24 bits per heavy atom. The summed E-state index contributed by atoms with van der Waals surface area (Å²) in [6, 6.07) is 24.3. The SMILES string of the molecule is O=C(Nc1ncnc2c1ncn2CC(=O)N1CCN(S(=O)(=O)CCc2ccccc2[N+](=O)[O-])C(=O)C1)OC(c1ccccc1)c1ccccc1. The van der Waals surface area contributed by atoms with E-state index in [2.05, 4.69) is 20.3 Å². The van der Waals surface area contributed by atoms with Gasteiger partial charge in [0.1, 0.15) is 19.4 Å². The Labute approximate surface area is 285 Å². The third kappa shape index (κ3) is 7.41. The number of carbonyl (C=O) groups excluding carboxylic acids is 3. The lowest BCUT2D eigenvalue weighted by Crippen LogP contribution is -2.55. The van der Waals surface area contributed by atoms with Gasteiger partial charge in [0.25, 0.3) is 11.6 Å². The molecule has 0 atom stereocenters. The number of piperazine rings is 1. The second-order valence-corrected chi connectivity index (χ2v) is 13.2. The van der Waals surface area contributed by atoms with Crippen LogP contribution in [0, 0.1) is 10.1 Å². The normalized spacial score (nSPS) is 13.4. The van der Waals surface area contributed by atoms with Crippen LogP contribution < -0.4 is 5.32 Å². The number of hydrogen-bond donors (Lipinski definition) is 1. The van der Waals surface area contributed by atoms with Gasteiger partial charge in [-0.25, -0.2) is 32.5 Å². The lowest BCUT2D eigenvalue weighted by atomic mass is 10.0. The molecule has 2 aromatic heterocycles. The molecule has 50 heavy (non-hydrogen) atoms. The van der Waals surface area contributed by atoms with E-state index >= 15 is 0 Å². The van der Waals surface area contributed by atoms with Crippen molar-refractivity contribution in [1.82, 2.24) is 28.7 Å². The molecule has 3 amide bonds. The van der Waals surface area contributed by atoms with Crippen LogP contribution in [0.25, 0.3) is 11.2 Å². The molecule has 0 spiro atoms. The van der Waals surface area contributed by atoms with Crippen LogP contribution in [0.3, 0.4) is 0 Å². The summed E-state index contributed by atoms with van der Waals surface area (Å²) in [5.41, 5.74) is 1.98. The molecule has 1 fully saturated rings. The van der Waals surface area contributed by atoms with Crippen LogP contribution in [0.1, 0.15) is 22.8 Å². The maximum atomic E-state index is 13.2. The van der Waals surface area contributed by atoms with Crippen molar-refractivity contribution in [2.45, 2.75) is 19.1 Å². The van der Waals surface area contributed by atoms with E-state index in [1.807, 2.05) is 60.7 Å². The minimum Gasteiger partial charge on any atom is -0.436 e. The van der Waals surface area contributed by atoms with Crippen molar-refractivity contribution in [2.75, 3.05) is 30.7 Å². The van der Waals surface area contributed by atoms with E-state index in [-0.39, 0.29) is 54.3 Å². The number of nitrogens with one attached hydrogen (secondary N) is 1. The van der Waals surface area contributed by atoms with Gasteiger partial charge in [0.2, 0.25) is 15.9 Å². The minimum absolute atomic E-state index is 0.0560. The molecule has 256 valence electrons. The van der Waals surface area contributed by atoms with Gasteiger partial charge in [-0.1, -0.05) is 78.9 Å². The van der Waals surface area contributed by atoms with Crippen molar-refractivity contribution < 1.29 is 32.5 Å². The standard InChI is InChI=1S/C33H30N8O8S/c42-27(38-16-17-40(28(43)20-38)50(47,48)18-15-23-9-7-8-14-26(23)41(45)46)19-39-22-36-29-31(34-21-35-32(29)39)37-33(44)49-30(24-10-3-1-4-11-24)25-12-5-2-6-13-25/h1-14,21-22,30H,15-20H2,(H,34,35,37,44). The average Bonchev–Trinajstić information content (AvgIpc) is 3.53. The molecule has 0 unspecified atom stereocenters. The summed E-state index contributed by atoms with van der Waals surface area (Å²) in [5, 5.41) is 13.9. The maximum Gasteiger partial charge on any atom is 0.413 e. The first kappa shape index (κ1) is 33.7. The molecule has 16 nitrogen and oxygen atoms in total. The van der Waals surface area contributed by atoms with Gasteiger partial charge in [-0.3, -0.25) is 25.0 Å². The highest BCUT2D eigenvalue weighted by atomic mass is 32.2. The van der Waals surface area contributed by atoms with Crippen LogP contribution in [0.2, 0.25) is 0 Å². The third-order valence-corrected chi connectivity index (χ3v) is 9.82. The number of aromatic nitrogens is 4. The molecule has 0 saturated carbocycles. The van der Waals surface area contributed by atoms with Crippen molar-refractivity contribution >= 4 is 50.6 Å². The molecule has 0 aliphatic carbocycles.